The van der Waals surface area contributed by atoms with Crippen molar-refractivity contribution in [2.75, 3.05) is 6.54 Å². The van der Waals surface area contributed by atoms with E-state index in [4.69, 9.17) is 39.5 Å². The van der Waals surface area contributed by atoms with Gasteiger partial charge in [-0.25, -0.2) is 4.39 Å². The fraction of sp³-hybridized carbons (Fsp3) is 0.182. The zero-order valence-corrected chi connectivity index (χ0v) is 19.2. The van der Waals surface area contributed by atoms with Gasteiger partial charge in [0, 0.05) is 32.2 Å². The molecule has 0 radical (unpaired) electrons. The Balaban J connectivity index is 1.59. The van der Waals surface area contributed by atoms with Crippen molar-refractivity contribution in [2.24, 2.45) is 0 Å². The molecule has 0 aliphatic heterocycles. The van der Waals surface area contributed by atoms with Crippen molar-refractivity contribution < 1.29 is 9.13 Å². The molecule has 0 heterocycles. The molecule has 0 unspecified atom stereocenters. The molecule has 0 fully saturated rings. The maximum Gasteiger partial charge on any atom is 0.124 e. The molecule has 0 saturated heterocycles. The minimum Gasteiger partial charge on any atom is -0.489 e. The van der Waals surface area contributed by atoms with Gasteiger partial charge in [0.05, 0.1) is 5.02 Å². The van der Waals surface area contributed by atoms with Crippen LogP contribution in [0.2, 0.25) is 15.1 Å². The lowest BCUT2D eigenvalue weighted by atomic mass is 10.1. The Morgan fingerprint density at radius 2 is 1.62 bits per heavy atom. The molecule has 0 aliphatic carbocycles. The van der Waals surface area contributed by atoms with Gasteiger partial charge in [0.15, 0.2) is 0 Å². The lowest BCUT2D eigenvalue weighted by Crippen LogP contribution is -2.17. The van der Waals surface area contributed by atoms with E-state index in [-0.39, 0.29) is 12.4 Å². The van der Waals surface area contributed by atoms with Crippen LogP contribution in [0.1, 0.15) is 16.7 Å². The van der Waals surface area contributed by atoms with Crippen molar-refractivity contribution in [1.29, 1.82) is 0 Å². The van der Waals surface area contributed by atoms with Crippen molar-refractivity contribution >= 4 is 50.7 Å². The second kappa shape index (κ2) is 10.6. The summed E-state index contributed by atoms with van der Waals surface area (Å²) in [5.74, 6) is 0.374. The minimum atomic E-state index is -0.368. The second-order valence-corrected chi connectivity index (χ2v) is 8.61. The average molecular weight is 518 g/mol. The first kappa shape index (κ1) is 22.4. The molecule has 3 rings (SSSR count). The van der Waals surface area contributed by atoms with Gasteiger partial charge in [-0.1, -0.05) is 62.9 Å². The van der Waals surface area contributed by atoms with Crippen LogP contribution in [0.4, 0.5) is 4.39 Å². The standard InChI is InChI=1S/C22H18BrCl3FNO/c23-17-3-6-22(29-13-15-2-5-19(27)11-21(15)26)16(9-17)12-28-8-7-14-1-4-18(24)10-20(14)25/h1-6,9-11,28H,7-8,12-13H2. The van der Waals surface area contributed by atoms with Crippen LogP contribution in [-0.2, 0) is 19.6 Å². The second-order valence-electron chi connectivity index (χ2n) is 6.44. The Bertz CT molecular complexity index is 1000. The zero-order chi connectivity index (χ0) is 20.8. The Morgan fingerprint density at radius 1 is 0.862 bits per heavy atom. The molecule has 3 aromatic rings. The Labute approximate surface area is 193 Å². The summed E-state index contributed by atoms with van der Waals surface area (Å²) in [6.45, 7) is 1.63. The van der Waals surface area contributed by atoms with Crippen molar-refractivity contribution in [3.05, 3.63) is 96.6 Å². The molecule has 152 valence electrons. The van der Waals surface area contributed by atoms with E-state index in [1.54, 1.807) is 12.1 Å². The van der Waals surface area contributed by atoms with Gasteiger partial charge in [0.25, 0.3) is 0 Å². The molecule has 0 spiro atoms. The van der Waals surface area contributed by atoms with Gasteiger partial charge in [-0.15, -0.1) is 0 Å². The summed E-state index contributed by atoms with van der Waals surface area (Å²) in [7, 11) is 0. The summed E-state index contributed by atoms with van der Waals surface area (Å²) in [5.41, 5.74) is 2.77. The summed E-state index contributed by atoms with van der Waals surface area (Å²) in [4.78, 5) is 0. The molecule has 0 amide bonds. The molecule has 0 bridgehead atoms. The molecule has 3 aromatic carbocycles. The number of benzene rings is 3. The average Bonchev–Trinajstić information content (AvgIpc) is 2.67. The van der Waals surface area contributed by atoms with Crippen LogP contribution < -0.4 is 10.1 Å². The third kappa shape index (κ3) is 6.59. The van der Waals surface area contributed by atoms with Gasteiger partial charge < -0.3 is 10.1 Å². The Kier molecular flexibility index (Phi) is 8.22. The third-order valence-corrected chi connectivity index (χ3v) is 5.75. The summed E-state index contributed by atoms with van der Waals surface area (Å²) in [5, 5.41) is 5.05. The first-order chi connectivity index (χ1) is 13.9. The molecular weight excluding hydrogens is 500 g/mol. The van der Waals surface area contributed by atoms with Gasteiger partial charge >= 0.3 is 0 Å². The van der Waals surface area contributed by atoms with Gasteiger partial charge in [0.2, 0.25) is 0 Å². The normalized spacial score (nSPS) is 10.9. The van der Waals surface area contributed by atoms with E-state index in [9.17, 15) is 4.39 Å². The monoisotopic (exact) mass is 515 g/mol. The van der Waals surface area contributed by atoms with E-state index in [0.29, 0.717) is 21.6 Å². The highest BCUT2D eigenvalue weighted by atomic mass is 79.9. The largest absolute Gasteiger partial charge is 0.489 e. The highest BCUT2D eigenvalue weighted by Crippen LogP contribution is 2.26. The van der Waals surface area contributed by atoms with Crippen LogP contribution in [0.25, 0.3) is 0 Å². The SMILES string of the molecule is Fc1ccc(COc2ccc(Br)cc2CNCCc2ccc(Cl)cc2Cl)c(Cl)c1. The van der Waals surface area contributed by atoms with E-state index >= 15 is 0 Å². The van der Waals surface area contributed by atoms with Gasteiger partial charge in [0.1, 0.15) is 18.2 Å². The van der Waals surface area contributed by atoms with Crippen LogP contribution in [0.3, 0.4) is 0 Å². The molecule has 2 nitrogen and oxygen atoms in total. The number of nitrogens with one attached hydrogen (secondary N) is 1. The molecule has 29 heavy (non-hydrogen) atoms. The maximum absolute atomic E-state index is 13.2. The number of hydrogen-bond donors (Lipinski definition) is 1. The van der Waals surface area contributed by atoms with Gasteiger partial charge in [-0.05, 0) is 61.0 Å². The van der Waals surface area contributed by atoms with Crippen LogP contribution in [0.15, 0.2) is 59.1 Å². The highest BCUT2D eigenvalue weighted by molar-refractivity contribution is 9.10. The van der Waals surface area contributed by atoms with Gasteiger partial charge in [-0.2, -0.15) is 0 Å². The van der Waals surface area contributed by atoms with E-state index < -0.39 is 0 Å². The fourth-order valence-electron chi connectivity index (χ4n) is 2.79. The number of hydrogen-bond acceptors (Lipinski definition) is 2. The van der Waals surface area contributed by atoms with Crippen LogP contribution in [0.5, 0.6) is 5.75 Å². The molecule has 0 atom stereocenters. The molecule has 7 heteroatoms. The number of halogens is 5. The third-order valence-electron chi connectivity index (χ3n) is 4.32. The summed E-state index contributed by atoms with van der Waals surface area (Å²) >= 11 is 21.7. The number of rotatable bonds is 8. The predicted molar refractivity (Wildman–Crippen MR) is 122 cm³/mol. The lowest BCUT2D eigenvalue weighted by molar-refractivity contribution is 0.302. The molecule has 0 aliphatic rings. The van der Waals surface area contributed by atoms with E-state index in [1.807, 2.05) is 30.3 Å². The van der Waals surface area contributed by atoms with Crippen molar-refractivity contribution in [3.8, 4) is 5.75 Å². The van der Waals surface area contributed by atoms with Crippen molar-refractivity contribution in [3.63, 3.8) is 0 Å². The van der Waals surface area contributed by atoms with E-state index in [0.717, 1.165) is 39.9 Å². The summed E-state index contributed by atoms with van der Waals surface area (Å²) < 4.78 is 20.1. The Hall–Kier alpha value is -1.30. The smallest absolute Gasteiger partial charge is 0.124 e. The topological polar surface area (TPSA) is 21.3 Å². The molecular formula is C22H18BrCl3FNO. The quantitative estimate of drug-likeness (QED) is 0.313. The van der Waals surface area contributed by atoms with Gasteiger partial charge in [-0.3, -0.25) is 0 Å². The molecule has 0 aromatic heterocycles. The Morgan fingerprint density at radius 3 is 2.38 bits per heavy atom. The summed E-state index contributed by atoms with van der Waals surface area (Å²) in [6.07, 6.45) is 0.783. The number of ether oxygens (including phenoxy) is 1. The van der Waals surface area contributed by atoms with Crippen LogP contribution in [0, 0.1) is 5.82 Å². The summed E-state index contributed by atoms with van der Waals surface area (Å²) in [6, 6.07) is 15.6. The predicted octanol–water partition coefficient (Wildman–Crippen LogP) is 7.46. The molecule has 1 N–H and O–H groups in total. The fourth-order valence-corrected chi connectivity index (χ4v) is 3.93. The maximum atomic E-state index is 13.2. The first-order valence-corrected chi connectivity index (χ1v) is 10.8. The zero-order valence-electron chi connectivity index (χ0n) is 15.3. The van der Waals surface area contributed by atoms with Crippen molar-refractivity contribution in [1.82, 2.24) is 5.32 Å². The highest BCUT2D eigenvalue weighted by Gasteiger charge is 2.08. The van der Waals surface area contributed by atoms with E-state index in [1.165, 1.54) is 12.1 Å². The van der Waals surface area contributed by atoms with Crippen molar-refractivity contribution in [2.45, 2.75) is 19.6 Å². The first-order valence-electron chi connectivity index (χ1n) is 8.92. The van der Waals surface area contributed by atoms with Crippen LogP contribution in [-0.4, -0.2) is 6.54 Å². The van der Waals surface area contributed by atoms with E-state index in [2.05, 4.69) is 21.2 Å². The molecule has 0 saturated carbocycles. The minimum absolute atomic E-state index is 0.258. The lowest BCUT2D eigenvalue weighted by Gasteiger charge is -2.14. The van der Waals surface area contributed by atoms with Crippen LogP contribution >= 0.6 is 50.7 Å².